The molecule has 34 heavy (non-hydrogen) atoms. The standard InChI is InChI=1S/C27H25N3O4/c1-18(31)30-24-5-3-2-4-22(24)27(33)25(30)17-21-9-8-20-16-19(6-10-23(20)28-21)7-11-26(32)29-12-14-34-15-13-29/h2-6,8-10,16-17H,7,11-15H2,1H3/b25-17-. The molecule has 0 unspecified atom stereocenters. The third-order valence-corrected chi connectivity index (χ3v) is 6.23. The van der Waals surface area contributed by atoms with Crippen molar-refractivity contribution in [1.29, 1.82) is 0 Å². The van der Waals surface area contributed by atoms with Crippen molar-refractivity contribution in [2.75, 3.05) is 31.2 Å². The largest absolute Gasteiger partial charge is 0.378 e. The third kappa shape index (κ3) is 4.22. The minimum atomic E-state index is -0.221. The molecule has 7 heteroatoms. The van der Waals surface area contributed by atoms with Gasteiger partial charge < -0.3 is 9.64 Å². The molecule has 0 atom stereocenters. The first-order valence-corrected chi connectivity index (χ1v) is 11.4. The smallest absolute Gasteiger partial charge is 0.228 e. The van der Waals surface area contributed by atoms with Gasteiger partial charge in [-0.25, -0.2) is 4.98 Å². The van der Waals surface area contributed by atoms with Gasteiger partial charge in [-0.2, -0.15) is 0 Å². The number of para-hydroxylation sites is 1. The molecule has 3 heterocycles. The molecule has 5 rings (SSSR count). The Morgan fingerprint density at radius 3 is 2.65 bits per heavy atom. The SMILES string of the molecule is CC(=O)N1/C(=C\c2ccc3cc(CCC(=O)N4CCOCC4)ccc3n2)C(=O)c2ccccc21. The second kappa shape index (κ2) is 9.19. The Labute approximate surface area is 197 Å². The molecule has 2 aliphatic heterocycles. The molecule has 0 radical (unpaired) electrons. The number of rotatable bonds is 4. The Balaban J connectivity index is 1.35. The van der Waals surface area contributed by atoms with Crippen molar-refractivity contribution in [3.05, 3.63) is 77.1 Å². The number of aromatic nitrogens is 1. The van der Waals surface area contributed by atoms with Crippen LogP contribution in [-0.2, 0) is 20.7 Å². The van der Waals surface area contributed by atoms with Crippen LogP contribution in [0.15, 0.2) is 60.3 Å². The van der Waals surface area contributed by atoms with Crippen LogP contribution < -0.4 is 4.90 Å². The van der Waals surface area contributed by atoms with E-state index < -0.39 is 0 Å². The van der Waals surface area contributed by atoms with Crippen LogP contribution in [0.3, 0.4) is 0 Å². The average Bonchev–Trinajstić information content (AvgIpc) is 3.14. The molecule has 0 aliphatic carbocycles. The Bertz CT molecular complexity index is 1320. The summed E-state index contributed by atoms with van der Waals surface area (Å²) in [6, 6.07) is 16.9. The molecule has 0 spiro atoms. The number of morpholine rings is 1. The molecule has 2 amide bonds. The Morgan fingerprint density at radius 1 is 1.06 bits per heavy atom. The number of carbonyl (C=O) groups excluding carboxylic acids is 3. The van der Waals surface area contributed by atoms with Crippen LogP contribution >= 0.6 is 0 Å². The summed E-state index contributed by atoms with van der Waals surface area (Å²) in [5.74, 6) is -0.254. The lowest BCUT2D eigenvalue weighted by atomic mass is 10.1. The van der Waals surface area contributed by atoms with Crippen LogP contribution in [0, 0.1) is 0 Å². The molecular weight excluding hydrogens is 430 g/mol. The molecule has 1 aromatic heterocycles. The van der Waals surface area contributed by atoms with Crippen LogP contribution in [0.2, 0.25) is 0 Å². The highest BCUT2D eigenvalue weighted by Gasteiger charge is 2.34. The summed E-state index contributed by atoms with van der Waals surface area (Å²) in [7, 11) is 0. The van der Waals surface area contributed by atoms with Crippen molar-refractivity contribution in [2.45, 2.75) is 19.8 Å². The van der Waals surface area contributed by atoms with E-state index >= 15 is 0 Å². The highest BCUT2D eigenvalue weighted by molar-refractivity contribution is 6.26. The molecule has 0 N–H and O–H groups in total. The number of Topliss-reactive ketones (excluding diaryl/α,β-unsaturated/α-hetero) is 1. The number of ether oxygens (including phenoxy) is 1. The van der Waals surface area contributed by atoms with Crippen LogP contribution in [0.1, 0.15) is 35.0 Å². The summed E-state index contributed by atoms with van der Waals surface area (Å²) in [6.45, 7) is 3.98. The van der Waals surface area contributed by atoms with E-state index in [0.29, 0.717) is 61.8 Å². The summed E-state index contributed by atoms with van der Waals surface area (Å²) < 4.78 is 5.31. The topological polar surface area (TPSA) is 79.8 Å². The van der Waals surface area contributed by atoms with E-state index in [1.807, 2.05) is 41.3 Å². The van der Waals surface area contributed by atoms with Gasteiger partial charge in [0.05, 0.1) is 35.8 Å². The number of allylic oxidation sites excluding steroid dienone is 1. The van der Waals surface area contributed by atoms with Crippen molar-refractivity contribution < 1.29 is 19.1 Å². The van der Waals surface area contributed by atoms with Crippen molar-refractivity contribution in [3.8, 4) is 0 Å². The number of hydrogen-bond acceptors (Lipinski definition) is 5. The summed E-state index contributed by atoms with van der Waals surface area (Å²) in [5, 5.41) is 0.961. The highest BCUT2D eigenvalue weighted by Crippen LogP contribution is 2.35. The van der Waals surface area contributed by atoms with Gasteiger partial charge >= 0.3 is 0 Å². The predicted octanol–water partition coefficient (Wildman–Crippen LogP) is 3.62. The maximum atomic E-state index is 12.9. The molecule has 7 nitrogen and oxygen atoms in total. The first-order chi connectivity index (χ1) is 16.5. The van der Waals surface area contributed by atoms with Crippen LogP contribution in [0.25, 0.3) is 17.0 Å². The Morgan fingerprint density at radius 2 is 1.85 bits per heavy atom. The van der Waals surface area contributed by atoms with Crippen LogP contribution in [-0.4, -0.2) is 53.8 Å². The summed E-state index contributed by atoms with van der Waals surface area (Å²) in [4.78, 5) is 45.6. The number of benzene rings is 2. The normalized spacial score (nSPS) is 16.9. The van der Waals surface area contributed by atoms with Crippen LogP contribution in [0.4, 0.5) is 5.69 Å². The van der Waals surface area contributed by atoms with E-state index in [0.717, 1.165) is 16.5 Å². The summed E-state index contributed by atoms with van der Waals surface area (Å²) in [5.41, 5.74) is 3.88. The highest BCUT2D eigenvalue weighted by atomic mass is 16.5. The zero-order valence-corrected chi connectivity index (χ0v) is 19.0. The molecule has 0 bridgehead atoms. The minimum Gasteiger partial charge on any atom is -0.378 e. The molecule has 3 aromatic rings. The number of aryl methyl sites for hydroxylation is 1. The van der Waals surface area contributed by atoms with Gasteiger partial charge in [-0.1, -0.05) is 24.3 Å². The third-order valence-electron chi connectivity index (χ3n) is 6.23. The summed E-state index contributed by atoms with van der Waals surface area (Å²) >= 11 is 0. The lowest BCUT2D eigenvalue weighted by Gasteiger charge is -2.26. The molecule has 0 saturated carbocycles. The number of ketones is 1. The number of hydrogen-bond donors (Lipinski definition) is 0. The molecule has 1 fully saturated rings. The predicted molar refractivity (Wildman–Crippen MR) is 129 cm³/mol. The Kier molecular flexibility index (Phi) is 5.94. The van der Waals surface area contributed by atoms with Crippen LogP contribution in [0.5, 0.6) is 0 Å². The zero-order chi connectivity index (χ0) is 23.7. The van der Waals surface area contributed by atoms with Crippen molar-refractivity contribution in [1.82, 2.24) is 9.88 Å². The van der Waals surface area contributed by atoms with E-state index in [4.69, 9.17) is 4.74 Å². The van der Waals surface area contributed by atoms with E-state index in [9.17, 15) is 14.4 Å². The van der Waals surface area contributed by atoms with E-state index in [2.05, 4.69) is 4.98 Å². The van der Waals surface area contributed by atoms with Crippen molar-refractivity contribution in [3.63, 3.8) is 0 Å². The first kappa shape index (κ1) is 22.0. The van der Waals surface area contributed by atoms with Crippen molar-refractivity contribution in [2.24, 2.45) is 0 Å². The van der Waals surface area contributed by atoms with E-state index in [1.54, 1.807) is 24.3 Å². The van der Waals surface area contributed by atoms with Gasteiger partial charge in [0.1, 0.15) is 0 Å². The summed E-state index contributed by atoms with van der Waals surface area (Å²) in [6.07, 6.45) is 2.79. The number of amides is 2. The lowest BCUT2D eigenvalue weighted by Crippen LogP contribution is -2.40. The monoisotopic (exact) mass is 455 g/mol. The fraction of sp³-hybridized carbons (Fsp3) is 0.259. The molecule has 2 aliphatic rings. The number of pyridine rings is 1. The lowest BCUT2D eigenvalue weighted by molar-refractivity contribution is -0.135. The second-order valence-corrected chi connectivity index (χ2v) is 8.49. The van der Waals surface area contributed by atoms with E-state index in [1.165, 1.54) is 11.8 Å². The number of fused-ring (bicyclic) bond motifs is 2. The second-order valence-electron chi connectivity index (χ2n) is 8.49. The van der Waals surface area contributed by atoms with Crippen molar-refractivity contribution >= 4 is 40.3 Å². The van der Waals surface area contributed by atoms with Gasteiger partial charge in [0.15, 0.2) is 0 Å². The fourth-order valence-electron chi connectivity index (χ4n) is 4.49. The van der Waals surface area contributed by atoms with Gasteiger partial charge in [0.25, 0.3) is 0 Å². The number of carbonyl (C=O) groups is 3. The zero-order valence-electron chi connectivity index (χ0n) is 19.0. The number of anilines is 1. The van der Waals surface area contributed by atoms with Gasteiger partial charge in [-0.3, -0.25) is 19.3 Å². The Hall–Kier alpha value is -3.84. The molecular formula is C27H25N3O4. The maximum Gasteiger partial charge on any atom is 0.228 e. The van der Waals surface area contributed by atoms with Gasteiger partial charge in [0, 0.05) is 37.4 Å². The fourth-order valence-corrected chi connectivity index (χ4v) is 4.49. The quantitative estimate of drug-likeness (QED) is 0.562. The van der Waals surface area contributed by atoms with Gasteiger partial charge in [-0.05, 0) is 48.4 Å². The number of nitrogens with zero attached hydrogens (tertiary/aromatic N) is 3. The van der Waals surface area contributed by atoms with Gasteiger partial charge in [-0.15, -0.1) is 0 Å². The average molecular weight is 456 g/mol. The van der Waals surface area contributed by atoms with Gasteiger partial charge in [0.2, 0.25) is 17.6 Å². The minimum absolute atomic E-state index is 0.153. The van der Waals surface area contributed by atoms with E-state index in [-0.39, 0.29) is 17.6 Å². The maximum absolute atomic E-state index is 12.9. The molecule has 1 saturated heterocycles. The first-order valence-electron chi connectivity index (χ1n) is 11.4. The molecule has 2 aromatic carbocycles. The molecule has 172 valence electrons.